The second-order valence-electron chi connectivity index (χ2n) is 5.50. The minimum Gasteiger partial charge on any atom is -0.494 e. The van der Waals surface area contributed by atoms with Crippen LogP contribution in [0.5, 0.6) is 5.75 Å². The molecule has 1 atom stereocenters. The number of alkyl halides is 3. The lowest BCUT2D eigenvalue weighted by atomic mass is 10.1. The van der Waals surface area contributed by atoms with Crippen molar-refractivity contribution in [2.75, 3.05) is 17.2 Å². The molecule has 0 fully saturated rings. The minimum absolute atomic E-state index is 0.0594. The molecule has 0 saturated heterocycles. The van der Waals surface area contributed by atoms with Gasteiger partial charge in [0.2, 0.25) is 5.91 Å². The van der Waals surface area contributed by atoms with Gasteiger partial charge in [-0.1, -0.05) is 11.6 Å². The number of carbonyl (C=O) groups excluding carboxylic acids is 1. The molecule has 0 aliphatic carbocycles. The van der Waals surface area contributed by atoms with Crippen LogP contribution in [0.1, 0.15) is 19.4 Å². The summed E-state index contributed by atoms with van der Waals surface area (Å²) in [4.78, 5) is 12.3. The number of amides is 1. The third kappa shape index (κ3) is 5.29. The number of ether oxygens (including phenoxy) is 1. The zero-order valence-corrected chi connectivity index (χ0v) is 14.9. The van der Waals surface area contributed by atoms with Crippen LogP contribution < -0.4 is 15.4 Å². The van der Waals surface area contributed by atoms with Gasteiger partial charge in [0.1, 0.15) is 11.8 Å². The van der Waals surface area contributed by atoms with Gasteiger partial charge in [0.05, 0.1) is 17.9 Å². The zero-order chi connectivity index (χ0) is 19.3. The summed E-state index contributed by atoms with van der Waals surface area (Å²) in [6, 6.07) is 9.35. The van der Waals surface area contributed by atoms with Crippen molar-refractivity contribution in [3.63, 3.8) is 0 Å². The number of anilines is 2. The van der Waals surface area contributed by atoms with E-state index in [1.54, 1.807) is 31.2 Å². The Morgan fingerprint density at radius 2 is 1.85 bits per heavy atom. The summed E-state index contributed by atoms with van der Waals surface area (Å²) in [5, 5.41) is 5.16. The van der Waals surface area contributed by atoms with Gasteiger partial charge >= 0.3 is 6.18 Å². The van der Waals surface area contributed by atoms with Crippen molar-refractivity contribution in [2.24, 2.45) is 0 Å². The molecule has 0 unspecified atom stereocenters. The first kappa shape index (κ1) is 19.9. The molecule has 0 spiro atoms. The Hall–Kier alpha value is -2.41. The standard InChI is InChI=1S/C18H18ClF3N2O2/c1-3-26-14-7-5-13(6-8-14)23-11(2)17(25)24-16-9-4-12(19)10-15(16)18(20,21)22/h4-11,23H,3H2,1-2H3,(H,24,25)/t11-/m1/s1. The fourth-order valence-electron chi connectivity index (χ4n) is 2.23. The van der Waals surface area contributed by atoms with E-state index in [0.29, 0.717) is 18.0 Å². The highest BCUT2D eigenvalue weighted by molar-refractivity contribution is 6.30. The van der Waals surface area contributed by atoms with E-state index < -0.39 is 23.7 Å². The van der Waals surface area contributed by atoms with Crippen LogP contribution in [0.4, 0.5) is 24.5 Å². The highest BCUT2D eigenvalue weighted by atomic mass is 35.5. The number of rotatable bonds is 6. The SMILES string of the molecule is CCOc1ccc(N[C@H](C)C(=O)Nc2ccc(Cl)cc2C(F)(F)F)cc1. The molecule has 0 bridgehead atoms. The van der Waals surface area contributed by atoms with Gasteiger partial charge in [0.25, 0.3) is 0 Å². The van der Waals surface area contributed by atoms with Crippen molar-refractivity contribution >= 4 is 28.9 Å². The molecule has 2 aromatic rings. The first-order valence-corrected chi connectivity index (χ1v) is 8.25. The summed E-state index contributed by atoms with van der Waals surface area (Å²) in [6.45, 7) is 3.95. The van der Waals surface area contributed by atoms with Crippen molar-refractivity contribution < 1.29 is 22.7 Å². The molecule has 2 rings (SSSR count). The molecule has 0 heterocycles. The Kier molecular flexibility index (Phi) is 6.37. The fourth-order valence-corrected chi connectivity index (χ4v) is 2.40. The van der Waals surface area contributed by atoms with E-state index in [0.717, 1.165) is 12.1 Å². The van der Waals surface area contributed by atoms with E-state index in [2.05, 4.69) is 10.6 Å². The van der Waals surface area contributed by atoms with Gasteiger partial charge < -0.3 is 15.4 Å². The molecule has 1 amide bonds. The normalized spacial score (nSPS) is 12.4. The molecule has 0 radical (unpaired) electrons. The average molecular weight is 387 g/mol. The van der Waals surface area contributed by atoms with Gasteiger partial charge in [-0.15, -0.1) is 0 Å². The quantitative estimate of drug-likeness (QED) is 0.717. The third-order valence-corrected chi connectivity index (χ3v) is 3.72. The Balaban J connectivity index is 2.07. The molecule has 140 valence electrons. The molecule has 2 N–H and O–H groups in total. The van der Waals surface area contributed by atoms with Gasteiger partial charge in [0.15, 0.2) is 0 Å². The monoisotopic (exact) mass is 386 g/mol. The molecule has 0 saturated carbocycles. The molecule has 8 heteroatoms. The van der Waals surface area contributed by atoms with E-state index in [1.807, 2.05) is 6.92 Å². The Bertz CT molecular complexity index is 764. The smallest absolute Gasteiger partial charge is 0.418 e. The van der Waals surface area contributed by atoms with E-state index >= 15 is 0 Å². The van der Waals surface area contributed by atoms with E-state index in [4.69, 9.17) is 16.3 Å². The maximum absolute atomic E-state index is 13.1. The lowest BCUT2D eigenvalue weighted by Crippen LogP contribution is -2.32. The number of halogens is 4. The van der Waals surface area contributed by atoms with Crippen LogP contribution in [0, 0.1) is 0 Å². The molecule has 0 aromatic heterocycles. The van der Waals surface area contributed by atoms with Crippen LogP contribution >= 0.6 is 11.6 Å². The highest BCUT2D eigenvalue weighted by Crippen LogP contribution is 2.36. The number of carbonyl (C=O) groups is 1. The number of benzene rings is 2. The maximum atomic E-state index is 13.1. The predicted molar refractivity (Wildman–Crippen MR) is 95.8 cm³/mol. The van der Waals surface area contributed by atoms with E-state index in [9.17, 15) is 18.0 Å². The summed E-state index contributed by atoms with van der Waals surface area (Å²) in [6.07, 6.45) is -4.63. The predicted octanol–water partition coefficient (Wildman–Crippen LogP) is 5.20. The number of hydrogen-bond acceptors (Lipinski definition) is 3. The zero-order valence-electron chi connectivity index (χ0n) is 14.2. The van der Waals surface area contributed by atoms with Crippen molar-refractivity contribution in [2.45, 2.75) is 26.1 Å². The van der Waals surface area contributed by atoms with Crippen molar-refractivity contribution in [3.8, 4) is 5.75 Å². The minimum atomic E-state index is -4.63. The number of nitrogens with one attached hydrogen (secondary N) is 2. The summed E-state index contributed by atoms with van der Waals surface area (Å²) in [7, 11) is 0. The second kappa shape index (κ2) is 8.31. The summed E-state index contributed by atoms with van der Waals surface area (Å²) < 4.78 is 44.6. The Morgan fingerprint density at radius 3 is 2.42 bits per heavy atom. The third-order valence-electron chi connectivity index (χ3n) is 3.49. The van der Waals surface area contributed by atoms with E-state index in [-0.39, 0.29) is 10.7 Å². The van der Waals surface area contributed by atoms with Crippen LogP contribution in [0.15, 0.2) is 42.5 Å². The number of hydrogen-bond donors (Lipinski definition) is 2. The lowest BCUT2D eigenvalue weighted by molar-refractivity contribution is -0.137. The molecule has 26 heavy (non-hydrogen) atoms. The average Bonchev–Trinajstić information content (AvgIpc) is 2.57. The van der Waals surface area contributed by atoms with Crippen LogP contribution in [0.2, 0.25) is 5.02 Å². The highest BCUT2D eigenvalue weighted by Gasteiger charge is 2.34. The second-order valence-corrected chi connectivity index (χ2v) is 5.94. The Morgan fingerprint density at radius 1 is 1.19 bits per heavy atom. The first-order valence-electron chi connectivity index (χ1n) is 7.87. The van der Waals surface area contributed by atoms with Gasteiger partial charge in [-0.05, 0) is 56.3 Å². The van der Waals surface area contributed by atoms with Crippen LogP contribution in [-0.4, -0.2) is 18.6 Å². The molecular formula is C18H18ClF3N2O2. The van der Waals surface area contributed by atoms with Crippen molar-refractivity contribution in [1.29, 1.82) is 0 Å². The van der Waals surface area contributed by atoms with Crippen LogP contribution in [-0.2, 0) is 11.0 Å². The van der Waals surface area contributed by atoms with Crippen LogP contribution in [0.3, 0.4) is 0 Å². The Labute approximate surface area is 154 Å². The first-order chi connectivity index (χ1) is 12.2. The van der Waals surface area contributed by atoms with Gasteiger partial charge in [-0.25, -0.2) is 0 Å². The van der Waals surface area contributed by atoms with Gasteiger partial charge in [-0.2, -0.15) is 13.2 Å². The lowest BCUT2D eigenvalue weighted by Gasteiger charge is -2.18. The largest absolute Gasteiger partial charge is 0.494 e. The summed E-state index contributed by atoms with van der Waals surface area (Å²) in [5.74, 6) is 0.0813. The summed E-state index contributed by atoms with van der Waals surface area (Å²) in [5.41, 5.74) is -0.692. The topological polar surface area (TPSA) is 50.4 Å². The molecule has 0 aliphatic heterocycles. The molecule has 0 aliphatic rings. The van der Waals surface area contributed by atoms with Crippen LogP contribution in [0.25, 0.3) is 0 Å². The van der Waals surface area contributed by atoms with Gasteiger partial charge in [-0.3, -0.25) is 4.79 Å². The molecule has 4 nitrogen and oxygen atoms in total. The molecule has 2 aromatic carbocycles. The fraction of sp³-hybridized carbons (Fsp3) is 0.278. The van der Waals surface area contributed by atoms with Crippen molar-refractivity contribution in [3.05, 3.63) is 53.1 Å². The van der Waals surface area contributed by atoms with Crippen molar-refractivity contribution in [1.82, 2.24) is 0 Å². The molecular weight excluding hydrogens is 369 g/mol. The van der Waals surface area contributed by atoms with E-state index in [1.165, 1.54) is 6.07 Å². The summed E-state index contributed by atoms with van der Waals surface area (Å²) >= 11 is 5.63. The maximum Gasteiger partial charge on any atom is 0.418 e. The van der Waals surface area contributed by atoms with Gasteiger partial charge in [0, 0.05) is 10.7 Å².